The van der Waals surface area contributed by atoms with Crippen molar-refractivity contribution < 1.29 is 4.79 Å². The van der Waals surface area contributed by atoms with Crippen molar-refractivity contribution >= 4 is 23.1 Å². The first-order valence-corrected chi connectivity index (χ1v) is 8.34. The maximum atomic E-state index is 12.1. The molecule has 2 N–H and O–H groups in total. The van der Waals surface area contributed by atoms with Gasteiger partial charge in [-0.15, -0.1) is 0 Å². The molecule has 0 aromatic rings. The second kappa shape index (κ2) is 7.51. The van der Waals surface area contributed by atoms with E-state index in [1.54, 1.807) is 4.90 Å². The van der Waals surface area contributed by atoms with Crippen molar-refractivity contribution in [2.75, 3.05) is 40.3 Å². The lowest BCUT2D eigenvalue weighted by molar-refractivity contribution is -0.130. The Labute approximate surface area is 133 Å². The maximum absolute atomic E-state index is 12.1. The average molecular weight is 312 g/mol. The van der Waals surface area contributed by atoms with Crippen LogP contribution in [0.15, 0.2) is 0 Å². The zero-order valence-electron chi connectivity index (χ0n) is 13.3. The minimum absolute atomic E-state index is 0.189. The highest BCUT2D eigenvalue weighted by Crippen LogP contribution is 2.28. The molecular formula is C15H28N4OS. The van der Waals surface area contributed by atoms with E-state index in [9.17, 15) is 4.79 Å². The molecule has 21 heavy (non-hydrogen) atoms. The van der Waals surface area contributed by atoms with Gasteiger partial charge in [0.1, 0.15) is 0 Å². The number of likely N-dealkylation sites (N-methyl/N-ethyl adjacent to an activating group) is 1. The second-order valence-electron chi connectivity index (χ2n) is 6.42. The Morgan fingerprint density at radius 3 is 2.71 bits per heavy atom. The Morgan fingerprint density at radius 1 is 1.29 bits per heavy atom. The van der Waals surface area contributed by atoms with Crippen molar-refractivity contribution in [2.24, 2.45) is 5.73 Å². The maximum Gasteiger partial charge on any atom is 0.223 e. The highest BCUT2D eigenvalue weighted by Gasteiger charge is 2.34. The summed E-state index contributed by atoms with van der Waals surface area (Å²) < 4.78 is 0. The van der Waals surface area contributed by atoms with E-state index in [0.717, 1.165) is 25.7 Å². The second-order valence-corrected chi connectivity index (χ2v) is 6.95. The first-order chi connectivity index (χ1) is 9.97. The molecule has 0 aliphatic carbocycles. The smallest absolute Gasteiger partial charge is 0.223 e. The Bertz CT molecular complexity index is 390. The molecule has 0 aromatic carbocycles. The monoisotopic (exact) mass is 312 g/mol. The van der Waals surface area contributed by atoms with E-state index in [-0.39, 0.29) is 5.91 Å². The molecule has 2 fully saturated rings. The SMILES string of the molecule is CN(CCC(N)=S)C(=O)CCN1CCC2CCC(C1)N2C. The van der Waals surface area contributed by atoms with Crippen LogP contribution in [0, 0.1) is 0 Å². The Balaban J connectivity index is 1.72. The van der Waals surface area contributed by atoms with Crippen molar-refractivity contribution in [2.45, 2.75) is 44.2 Å². The summed E-state index contributed by atoms with van der Waals surface area (Å²) in [5, 5.41) is 0. The number of thiocarbonyl (C=S) groups is 1. The number of rotatable bonds is 6. The number of carbonyl (C=O) groups is 1. The van der Waals surface area contributed by atoms with E-state index in [4.69, 9.17) is 18.0 Å². The zero-order chi connectivity index (χ0) is 15.4. The highest BCUT2D eigenvalue weighted by molar-refractivity contribution is 7.80. The molecule has 2 heterocycles. The standard InChI is InChI=1S/C15H28N4OS/c1-17(8-6-14(16)21)15(20)7-10-19-9-5-12-3-4-13(11-19)18(12)2/h12-13H,3-11H2,1-2H3,(H2,16,21). The zero-order valence-corrected chi connectivity index (χ0v) is 14.1. The molecule has 1 amide bonds. The van der Waals surface area contributed by atoms with Gasteiger partial charge in [0.25, 0.3) is 0 Å². The summed E-state index contributed by atoms with van der Waals surface area (Å²) in [5.41, 5.74) is 5.48. The van der Waals surface area contributed by atoms with Crippen LogP contribution in [0.3, 0.4) is 0 Å². The van der Waals surface area contributed by atoms with Gasteiger partial charge in [-0.05, 0) is 32.9 Å². The van der Waals surface area contributed by atoms with Crippen LogP contribution in [-0.2, 0) is 4.79 Å². The largest absolute Gasteiger partial charge is 0.393 e. The van der Waals surface area contributed by atoms with Gasteiger partial charge in [-0.1, -0.05) is 12.2 Å². The van der Waals surface area contributed by atoms with Crippen LogP contribution in [0.25, 0.3) is 0 Å². The van der Waals surface area contributed by atoms with Crippen molar-refractivity contribution in [3.05, 3.63) is 0 Å². The summed E-state index contributed by atoms with van der Waals surface area (Å²) in [6, 6.07) is 1.43. The predicted molar refractivity (Wildman–Crippen MR) is 89.3 cm³/mol. The number of nitrogens with two attached hydrogens (primary N) is 1. The van der Waals surface area contributed by atoms with Crippen LogP contribution in [0.2, 0.25) is 0 Å². The molecule has 2 bridgehead atoms. The predicted octanol–water partition coefficient (Wildman–Crippen LogP) is 0.680. The molecule has 120 valence electrons. The van der Waals surface area contributed by atoms with Gasteiger partial charge in [0.05, 0.1) is 4.99 Å². The molecule has 2 rings (SSSR count). The number of carbonyl (C=O) groups excluding carboxylic acids is 1. The Kier molecular flexibility index (Phi) is 5.96. The number of likely N-dealkylation sites (tertiary alicyclic amines) is 1. The summed E-state index contributed by atoms with van der Waals surface area (Å²) in [5.74, 6) is 0.189. The van der Waals surface area contributed by atoms with Crippen LogP contribution >= 0.6 is 12.2 Å². The normalized spacial score (nSPS) is 26.6. The van der Waals surface area contributed by atoms with Crippen molar-refractivity contribution in [1.29, 1.82) is 0 Å². The van der Waals surface area contributed by atoms with Gasteiger partial charge in [0, 0.05) is 51.6 Å². The van der Waals surface area contributed by atoms with Gasteiger partial charge in [-0.2, -0.15) is 0 Å². The van der Waals surface area contributed by atoms with E-state index in [2.05, 4.69) is 16.8 Å². The lowest BCUT2D eigenvalue weighted by Crippen LogP contribution is -2.38. The van der Waals surface area contributed by atoms with Gasteiger partial charge < -0.3 is 15.5 Å². The molecule has 2 unspecified atom stereocenters. The van der Waals surface area contributed by atoms with Gasteiger partial charge in [0.15, 0.2) is 0 Å². The van der Waals surface area contributed by atoms with Crippen LogP contribution in [0.5, 0.6) is 0 Å². The highest BCUT2D eigenvalue weighted by atomic mass is 32.1. The molecule has 5 nitrogen and oxygen atoms in total. The van der Waals surface area contributed by atoms with Crippen LogP contribution in [0.4, 0.5) is 0 Å². The minimum Gasteiger partial charge on any atom is -0.393 e. The molecule has 6 heteroatoms. The van der Waals surface area contributed by atoms with Crippen molar-refractivity contribution in [3.63, 3.8) is 0 Å². The van der Waals surface area contributed by atoms with Crippen molar-refractivity contribution in [3.8, 4) is 0 Å². The fraction of sp³-hybridized carbons (Fsp3) is 0.867. The molecule has 0 spiro atoms. The van der Waals surface area contributed by atoms with Crippen molar-refractivity contribution in [1.82, 2.24) is 14.7 Å². The molecule has 2 atom stereocenters. The van der Waals surface area contributed by atoms with E-state index >= 15 is 0 Å². The quantitative estimate of drug-likeness (QED) is 0.731. The molecule has 0 aromatic heterocycles. The molecule has 2 saturated heterocycles. The number of hydrogen-bond donors (Lipinski definition) is 1. The lowest BCUT2D eigenvalue weighted by Gasteiger charge is -2.26. The van der Waals surface area contributed by atoms with Crippen LogP contribution < -0.4 is 5.73 Å². The summed E-state index contributed by atoms with van der Waals surface area (Å²) in [4.78, 5) is 19.3. The third-order valence-electron chi connectivity index (χ3n) is 4.99. The van der Waals surface area contributed by atoms with Gasteiger partial charge in [-0.3, -0.25) is 9.69 Å². The Hall–Kier alpha value is -0.720. The van der Waals surface area contributed by atoms with Crippen LogP contribution in [0.1, 0.15) is 32.1 Å². The summed E-state index contributed by atoms with van der Waals surface area (Å²) >= 11 is 4.85. The lowest BCUT2D eigenvalue weighted by atomic mass is 10.1. The molecule has 0 radical (unpaired) electrons. The third-order valence-corrected chi connectivity index (χ3v) is 5.20. The van der Waals surface area contributed by atoms with E-state index in [1.807, 2.05) is 7.05 Å². The molecule has 2 aliphatic heterocycles. The fourth-order valence-corrected chi connectivity index (χ4v) is 3.52. The first kappa shape index (κ1) is 16.6. The van der Waals surface area contributed by atoms with E-state index in [0.29, 0.717) is 30.4 Å². The number of hydrogen-bond acceptors (Lipinski definition) is 4. The van der Waals surface area contributed by atoms with Gasteiger partial charge in [0.2, 0.25) is 5.91 Å². The summed E-state index contributed by atoms with van der Waals surface area (Å²) in [6.07, 6.45) is 5.08. The molecular weight excluding hydrogens is 284 g/mol. The summed E-state index contributed by atoms with van der Waals surface area (Å²) in [7, 11) is 4.08. The fourth-order valence-electron chi connectivity index (χ4n) is 3.43. The number of amides is 1. The molecule has 2 aliphatic rings. The average Bonchev–Trinajstić information content (AvgIpc) is 2.68. The number of fused-ring (bicyclic) bond motifs is 2. The van der Waals surface area contributed by atoms with Gasteiger partial charge in [-0.25, -0.2) is 0 Å². The first-order valence-electron chi connectivity index (χ1n) is 7.94. The number of nitrogens with zero attached hydrogens (tertiary/aromatic N) is 3. The Morgan fingerprint density at radius 2 is 2.00 bits per heavy atom. The topological polar surface area (TPSA) is 52.8 Å². The third kappa shape index (κ3) is 4.63. The van der Waals surface area contributed by atoms with Gasteiger partial charge >= 0.3 is 0 Å². The van der Waals surface area contributed by atoms with E-state index in [1.165, 1.54) is 19.3 Å². The minimum atomic E-state index is 0.189. The molecule has 0 saturated carbocycles. The van der Waals surface area contributed by atoms with E-state index < -0.39 is 0 Å². The van der Waals surface area contributed by atoms with Crippen LogP contribution in [-0.4, -0.2) is 78.0 Å². The summed E-state index contributed by atoms with van der Waals surface area (Å²) in [6.45, 7) is 3.72.